The Morgan fingerprint density at radius 2 is 2.25 bits per heavy atom. The number of hydrogen-bond donors (Lipinski definition) is 1. The maximum atomic E-state index is 10.9. The van der Waals surface area contributed by atoms with Crippen LogP contribution in [0.1, 0.15) is 23.5 Å². The van der Waals surface area contributed by atoms with Crippen LogP contribution in [-0.4, -0.2) is 29.3 Å². The van der Waals surface area contributed by atoms with E-state index in [1.165, 1.54) is 17.5 Å². The summed E-state index contributed by atoms with van der Waals surface area (Å²) < 4.78 is 10.9. The van der Waals surface area contributed by atoms with Gasteiger partial charge in [-0.2, -0.15) is 0 Å². The van der Waals surface area contributed by atoms with Gasteiger partial charge in [0.1, 0.15) is 0 Å². The lowest BCUT2D eigenvalue weighted by molar-refractivity contribution is 0.535. The Morgan fingerprint density at radius 1 is 1.44 bits per heavy atom. The van der Waals surface area contributed by atoms with Crippen LogP contribution in [0.15, 0.2) is 24.3 Å². The Morgan fingerprint density at radius 3 is 3.00 bits per heavy atom. The number of benzene rings is 1. The summed E-state index contributed by atoms with van der Waals surface area (Å²) in [4.78, 5) is 0. The molecule has 0 radical (unpaired) electrons. The molecule has 0 fully saturated rings. The fraction of sp³-hybridized carbons (Fsp3) is 0.538. The molecule has 1 aromatic carbocycles. The first-order valence-electron chi connectivity index (χ1n) is 5.86. The van der Waals surface area contributed by atoms with Crippen LogP contribution in [0.25, 0.3) is 0 Å². The molecule has 0 amide bonds. The molecule has 16 heavy (non-hydrogen) atoms. The summed E-state index contributed by atoms with van der Waals surface area (Å²) in [5, 5.41) is 3.45. The van der Waals surface area contributed by atoms with E-state index in [0.29, 0.717) is 5.92 Å². The minimum Gasteiger partial charge on any atom is -0.316 e. The molecule has 0 heterocycles. The third kappa shape index (κ3) is 2.92. The molecule has 1 aliphatic carbocycles. The van der Waals surface area contributed by atoms with Gasteiger partial charge in [-0.3, -0.25) is 4.21 Å². The van der Waals surface area contributed by atoms with Crippen molar-refractivity contribution in [3.05, 3.63) is 35.4 Å². The summed E-state index contributed by atoms with van der Waals surface area (Å²) in [6, 6.07) is 8.67. The summed E-state index contributed by atoms with van der Waals surface area (Å²) in [6.07, 6.45) is 3.99. The molecular weight excluding hydrogens is 218 g/mol. The Kier molecular flexibility index (Phi) is 4.13. The van der Waals surface area contributed by atoms with E-state index in [0.717, 1.165) is 25.3 Å². The standard InChI is InChI=1S/C13H19NOS/c1-16(15)8-4-7-14-10-12-9-11-5-2-3-6-13(11)12/h2-3,5-6,12,14H,4,7-10H2,1H3. The number of nitrogens with one attached hydrogen (secondary N) is 1. The minimum absolute atomic E-state index is 0.644. The lowest BCUT2D eigenvalue weighted by atomic mass is 9.77. The van der Waals surface area contributed by atoms with Crippen molar-refractivity contribution >= 4 is 10.8 Å². The molecule has 0 aromatic heterocycles. The predicted molar refractivity (Wildman–Crippen MR) is 69.3 cm³/mol. The number of fused-ring (bicyclic) bond motifs is 1. The molecule has 1 aromatic rings. The van der Waals surface area contributed by atoms with Crippen molar-refractivity contribution in [1.29, 1.82) is 0 Å². The van der Waals surface area contributed by atoms with E-state index in [9.17, 15) is 4.21 Å². The van der Waals surface area contributed by atoms with Gasteiger partial charge in [-0.05, 0) is 30.5 Å². The summed E-state index contributed by atoms with van der Waals surface area (Å²) in [5.74, 6) is 1.51. The second-order valence-corrected chi connectivity index (χ2v) is 5.99. The monoisotopic (exact) mass is 237 g/mol. The van der Waals surface area contributed by atoms with E-state index in [4.69, 9.17) is 0 Å². The second kappa shape index (κ2) is 5.60. The quantitative estimate of drug-likeness (QED) is 0.763. The lowest BCUT2D eigenvalue weighted by Gasteiger charge is -2.30. The molecule has 2 atom stereocenters. The van der Waals surface area contributed by atoms with Crippen LogP contribution in [0.2, 0.25) is 0 Å². The summed E-state index contributed by atoms with van der Waals surface area (Å²) >= 11 is 0. The Labute approximate surface area is 99.9 Å². The Bertz CT molecular complexity index is 378. The van der Waals surface area contributed by atoms with Gasteiger partial charge in [-0.25, -0.2) is 0 Å². The third-order valence-corrected chi connectivity index (χ3v) is 4.00. The van der Waals surface area contributed by atoms with E-state index in [1.807, 2.05) is 0 Å². The SMILES string of the molecule is CS(=O)CCCNCC1Cc2ccccc21. The maximum Gasteiger partial charge on any atom is 0.0244 e. The lowest BCUT2D eigenvalue weighted by Crippen LogP contribution is -2.30. The van der Waals surface area contributed by atoms with Crippen LogP contribution in [0, 0.1) is 0 Å². The van der Waals surface area contributed by atoms with E-state index in [1.54, 1.807) is 6.26 Å². The molecule has 0 aliphatic heterocycles. The van der Waals surface area contributed by atoms with Gasteiger partial charge in [0.05, 0.1) is 0 Å². The van der Waals surface area contributed by atoms with Crippen LogP contribution in [0.3, 0.4) is 0 Å². The largest absolute Gasteiger partial charge is 0.316 e. The van der Waals surface area contributed by atoms with Gasteiger partial charge in [0.15, 0.2) is 0 Å². The van der Waals surface area contributed by atoms with Crippen LogP contribution in [0.5, 0.6) is 0 Å². The van der Waals surface area contributed by atoms with Crippen molar-refractivity contribution in [3.63, 3.8) is 0 Å². The van der Waals surface area contributed by atoms with E-state index in [-0.39, 0.29) is 0 Å². The molecule has 2 rings (SSSR count). The molecule has 0 bridgehead atoms. The van der Waals surface area contributed by atoms with Crippen LogP contribution in [-0.2, 0) is 17.2 Å². The molecular formula is C13H19NOS. The van der Waals surface area contributed by atoms with Gasteiger partial charge in [0, 0.05) is 35.3 Å². The van der Waals surface area contributed by atoms with Gasteiger partial charge in [-0.15, -0.1) is 0 Å². The average Bonchev–Trinajstić information content (AvgIpc) is 2.23. The summed E-state index contributed by atoms with van der Waals surface area (Å²) in [5.41, 5.74) is 3.01. The molecule has 1 aliphatic rings. The van der Waals surface area contributed by atoms with Gasteiger partial charge >= 0.3 is 0 Å². The van der Waals surface area contributed by atoms with Crippen molar-refractivity contribution in [2.24, 2.45) is 0 Å². The van der Waals surface area contributed by atoms with Crippen LogP contribution >= 0.6 is 0 Å². The average molecular weight is 237 g/mol. The van der Waals surface area contributed by atoms with Crippen molar-refractivity contribution in [1.82, 2.24) is 5.32 Å². The highest BCUT2D eigenvalue weighted by atomic mass is 32.2. The van der Waals surface area contributed by atoms with Crippen molar-refractivity contribution < 1.29 is 4.21 Å². The Balaban J connectivity index is 1.65. The Hall–Kier alpha value is -0.670. The normalized spacial score (nSPS) is 19.9. The van der Waals surface area contributed by atoms with Gasteiger partial charge in [-0.1, -0.05) is 24.3 Å². The van der Waals surface area contributed by atoms with E-state index in [2.05, 4.69) is 29.6 Å². The predicted octanol–water partition coefficient (Wildman–Crippen LogP) is 1.68. The second-order valence-electron chi connectivity index (χ2n) is 4.43. The van der Waals surface area contributed by atoms with Gasteiger partial charge in [0.25, 0.3) is 0 Å². The molecule has 0 saturated carbocycles. The molecule has 0 saturated heterocycles. The molecule has 88 valence electrons. The van der Waals surface area contributed by atoms with Crippen molar-refractivity contribution in [2.75, 3.05) is 25.1 Å². The first-order chi connectivity index (χ1) is 7.77. The molecule has 3 heteroatoms. The molecule has 0 spiro atoms. The first-order valence-corrected chi connectivity index (χ1v) is 7.58. The summed E-state index contributed by atoms with van der Waals surface area (Å²) in [6.45, 7) is 2.05. The fourth-order valence-electron chi connectivity index (χ4n) is 2.22. The maximum absolute atomic E-state index is 10.9. The van der Waals surface area contributed by atoms with Gasteiger partial charge < -0.3 is 5.32 Å². The zero-order valence-corrected chi connectivity index (χ0v) is 10.6. The highest BCUT2D eigenvalue weighted by Gasteiger charge is 2.24. The third-order valence-electron chi connectivity index (χ3n) is 3.14. The minimum atomic E-state index is -0.644. The smallest absolute Gasteiger partial charge is 0.0244 e. The number of hydrogen-bond acceptors (Lipinski definition) is 2. The first kappa shape index (κ1) is 11.8. The topological polar surface area (TPSA) is 29.1 Å². The molecule has 1 N–H and O–H groups in total. The molecule has 2 unspecified atom stereocenters. The van der Waals surface area contributed by atoms with Crippen molar-refractivity contribution in [3.8, 4) is 0 Å². The van der Waals surface area contributed by atoms with Gasteiger partial charge in [0.2, 0.25) is 0 Å². The number of rotatable bonds is 6. The fourth-order valence-corrected chi connectivity index (χ4v) is 2.77. The highest BCUT2D eigenvalue weighted by Crippen LogP contribution is 2.33. The zero-order chi connectivity index (χ0) is 11.4. The van der Waals surface area contributed by atoms with E-state index < -0.39 is 10.8 Å². The summed E-state index contributed by atoms with van der Waals surface area (Å²) in [7, 11) is -0.644. The molecule has 2 nitrogen and oxygen atoms in total. The van der Waals surface area contributed by atoms with Crippen LogP contribution < -0.4 is 5.32 Å². The highest BCUT2D eigenvalue weighted by molar-refractivity contribution is 7.84. The van der Waals surface area contributed by atoms with Crippen LogP contribution in [0.4, 0.5) is 0 Å². The zero-order valence-electron chi connectivity index (χ0n) is 9.74. The van der Waals surface area contributed by atoms with E-state index >= 15 is 0 Å². The van der Waals surface area contributed by atoms with Crippen molar-refractivity contribution in [2.45, 2.75) is 18.8 Å².